The van der Waals surface area contributed by atoms with Crippen molar-refractivity contribution >= 4 is 17.0 Å². The van der Waals surface area contributed by atoms with Crippen LogP contribution < -0.4 is 9.81 Å². The predicted octanol–water partition coefficient (Wildman–Crippen LogP) is 4.34. The molecule has 4 rings (SSSR count). The van der Waals surface area contributed by atoms with Gasteiger partial charge in [-0.05, 0) is 44.0 Å². The first kappa shape index (κ1) is 18.0. The molecular formula is C22H25N3OS. The zero-order valence-electron chi connectivity index (χ0n) is 16.1. The van der Waals surface area contributed by atoms with E-state index in [-0.39, 0.29) is 0 Å². The molecule has 0 N–H and O–H groups in total. The Bertz CT molecular complexity index is 995. The minimum atomic E-state index is 0.749. The zero-order chi connectivity index (χ0) is 18.8. The van der Waals surface area contributed by atoms with Gasteiger partial charge in [0, 0.05) is 10.9 Å². The van der Waals surface area contributed by atoms with E-state index < -0.39 is 0 Å². The second kappa shape index (κ2) is 7.71. The van der Waals surface area contributed by atoms with Crippen LogP contribution in [0, 0.1) is 20.8 Å². The Kier molecular flexibility index (Phi) is 5.14. The maximum absolute atomic E-state index is 5.56. The minimum absolute atomic E-state index is 0.749. The fourth-order valence-electron chi connectivity index (χ4n) is 3.23. The molecule has 2 aromatic carbocycles. The van der Waals surface area contributed by atoms with Crippen LogP contribution in [-0.2, 0) is 4.74 Å². The molecule has 140 valence electrons. The summed E-state index contributed by atoms with van der Waals surface area (Å²) in [7, 11) is 0. The summed E-state index contributed by atoms with van der Waals surface area (Å²) in [6.45, 7) is 9.63. The van der Waals surface area contributed by atoms with E-state index in [1.165, 1.54) is 27.9 Å². The molecule has 4 nitrogen and oxygen atoms in total. The number of morpholine rings is 1. The topological polar surface area (TPSA) is 29.8 Å². The molecule has 0 atom stereocenters. The number of thiazole rings is 1. The van der Waals surface area contributed by atoms with Crippen LogP contribution in [0.3, 0.4) is 0 Å². The molecule has 1 aliphatic rings. The third-order valence-electron chi connectivity index (χ3n) is 5.02. The highest BCUT2D eigenvalue weighted by atomic mass is 32.1. The summed E-state index contributed by atoms with van der Waals surface area (Å²) in [5.74, 6) is 0. The molecule has 0 spiro atoms. The molecule has 27 heavy (non-hydrogen) atoms. The van der Waals surface area contributed by atoms with Gasteiger partial charge < -0.3 is 9.75 Å². The highest BCUT2D eigenvalue weighted by Gasteiger charge is 2.17. The summed E-state index contributed by atoms with van der Waals surface area (Å²) in [6.07, 6.45) is 0. The van der Waals surface area contributed by atoms with Crippen molar-refractivity contribution < 1.29 is 4.74 Å². The van der Waals surface area contributed by atoms with Crippen LogP contribution in [0.1, 0.15) is 16.7 Å². The van der Waals surface area contributed by atoms with Gasteiger partial charge in [0.1, 0.15) is 0 Å². The lowest BCUT2D eigenvalue weighted by molar-refractivity contribution is 0.111. The first-order chi connectivity index (χ1) is 13.1. The van der Waals surface area contributed by atoms with Crippen LogP contribution >= 0.6 is 11.3 Å². The average Bonchev–Trinajstić information content (AvgIpc) is 3.09. The van der Waals surface area contributed by atoms with Crippen molar-refractivity contribution in [3.63, 3.8) is 0 Å². The third-order valence-corrected chi connectivity index (χ3v) is 5.83. The lowest BCUT2D eigenvalue weighted by atomic mass is 10.1. The van der Waals surface area contributed by atoms with Crippen LogP contribution in [0.2, 0.25) is 0 Å². The van der Waals surface area contributed by atoms with E-state index in [4.69, 9.17) is 9.73 Å². The molecule has 1 saturated heterocycles. The number of aryl methyl sites for hydroxylation is 3. The SMILES string of the molecule is Cc1ccc(-c2csc(=Nc3ccc(C)c(C)c3)n2N2CCOCC2)cc1. The second-order valence-electron chi connectivity index (χ2n) is 7.03. The Labute approximate surface area is 164 Å². The first-order valence-corrected chi connectivity index (χ1v) is 10.2. The van der Waals surface area contributed by atoms with Crippen LogP contribution in [0.4, 0.5) is 5.69 Å². The van der Waals surface area contributed by atoms with Crippen molar-refractivity contribution in [2.24, 2.45) is 4.99 Å². The Morgan fingerprint density at radius 2 is 1.67 bits per heavy atom. The summed E-state index contributed by atoms with van der Waals surface area (Å²) in [4.78, 5) is 5.98. The minimum Gasteiger partial charge on any atom is -0.378 e. The molecule has 0 radical (unpaired) electrons. The molecule has 0 unspecified atom stereocenters. The molecule has 5 heteroatoms. The maximum atomic E-state index is 5.56. The van der Waals surface area contributed by atoms with Crippen LogP contribution in [-0.4, -0.2) is 31.0 Å². The fourth-order valence-corrected chi connectivity index (χ4v) is 4.16. The highest BCUT2D eigenvalue weighted by Crippen LogP contribution is 2.23. The van der Waals surface area contributed by atoms with Gasteiger partial charge in [0.25, 0.3) is 0 Å². The molecule has 0 aliphatic carbocycles. The normalized spacial score (nSPS) is 15.4. The van der Waals surface area contributed by atoms with Crippen molar-refractivity contribution in [2.75, 3.05) is 31.3 Å². The molecule has 3 aromatic rings. The molecule has 0 bridgehead atoms. The quantitative estimate of drug-likeness (QED) is 0.677. The largest absolute Gasteiger partial charge is 0.378 e. The number of hydrogen-bond acceptors (Lipinski definition) is 4. The average molecular weight is 380 g/mol. The van der Waals surface area contributed by atoms with E-state index in [1.54, 1.807) is 11.3 Å². The summed E-state index contributed by atoms with van der Waals surface area (Å²) in [5.41, 5.74) is 7.23. The van der Waals surface area contributed by atoms with Crippen molar-refractivity contribution in [1.82, 2.24) is 4.68 Å². The van der Waals surface area contributed by atoms with Crippen LogP contribution in [0.5, 0.6) is 0 Å². The number of aromatic nitrogens is 1. The maximum Gasteiger partial charge on any atom is 0.209 e. The summed E-state index contributed by atoms with van der Waals surface area (Å²) in [6, 6.07) is 15.1. The van der Waals surface area contributed by atoms with Gasteiger partial charge in [0.05, 0.1) is 37.7 Å². The van der Waals surface area contributed by atoms with Gasteiger partial charge in [0.2, 0.25) is 4.80 Å². The van der Waals surface area contributed by atoms with Crippen molar-refractivity contribution in [2.45, 2.75) is 20.8 Å². The lowest BCUT2D eigenvalue weighted by Crippen LogP contribution is -2.48. The van der Waals surface area contributed by atoms with Crippen LogP contribution in [0.15, 0.2) is 52.8 Å². The molecule has 1 aliphatic heterocycles. The molecule has 1 fully saturated rings. The molecular weight excluding hydrogens is 354 g/mol. The number of benzene rings is 2. The van der Waals surface area contributed by atoms with Gasteiger partial charge in [-0.2, -0.15) is 0 Å². The van der Waals surface area contributed by atoms with Gasteiger partial charge in [-0.15, -0.1) is 11.3 Å². The Morgan fingerprint density at radius 1 is 0.926 bits per heavy atom. The summed E-state index contributed by atoms with van der Waals surface area (Å²) in [5, 5.41) is 4.55. The van der Waals surface area contributed by atoms with E-state index >= 15 is 0 Å². The first-order valence-electron chi connectivity index (χ1n) is 9.34. The number of hydrogen-bond donors (Lipinski definition) is 0. The van der Waals surface area contributed by atoms with E-state index in [0.29, 0.717) is 0 Å². The van der Waals surface area contributed by atoms with E-state index in [1.807, 2.05) is 0 Å². The summed E-state index contributed by atoms with van der Waals surface area (Å²) < 4.78 is 7.83. The highest BCUT2D eigenvalue weighted by molar-refractivity contribution is 7.07. The summed E-state index contributed by atoms with van der Waals surface area (Å²) >= 11 is 1.69. The molecule has 0 amide bonds. The van der Waals surface area contributed by atoms with E-state index in [0.717, 1.165) is 36.8 Å². The lowest BCUT2D eigenvalue weighted by Gasteiger charge is -2.31. The predicted molar refractivity (Wildman–Crippen MR) is 112 cm³/mol. The van der Waals surface area contributed by atoms with Crippen molar-refractivity contribution in [3.05, 3.63) is 69.3 Å². The van der Waals surface area contributed by atoms with Crippen LogP contribution in [0.25, 0.3) is 11.3 Å². The van der Waals surface area contributed by atoms with Gasteiger partial charge in [0.15, 0.2) is 0 Å². The van der Waals surface area contributed by atoms with Crippen molar-refractivity contribution in [1.29, 1.82) is 0 Å². The van der Waals surface area contributed by atoms with Gasteiger partial charge >= 0.3 is 0 Å². The number of nitrogens with zero attached hydrogens (tertiary/aromatic N) is 3. The Hall–Kier alpha value is -2.37. The standard InChI is InChI=1S/C22H25N3OS/c1-16-4-7-19(8-5-16)21-15-27-22(25(21)24-10-12-26-13-11-24)23-20-9-6-17(2)18(3)14-20/h4-9,14-15H,10-13H2,1-3H3. The monoisotopic (exact) mass is 379 g/mol. The smallest absolute Gasteiger partial charge is 0.209 e. The third kappa shape index (κ3) is 3.84. The van der Waals surface area contributed by atoms with Gasteiger partial charge in [-0.25, -0.2) is 9.67 Å². The number of rotatable bonds is 3. The molecule has 1 aromatic heterocycles. The van der Waals surface area contributed by atoms with E-state index in [9.17, 15) is 0 Å². The van der Waals surface area contributed by atoms with Gasteiger partial charge in [-0.1, -0.05) is 35.9 Å². The zero-order valence-corrected chi connectivity index (χ0v) is 16.9. The van der Waals surface area contributed by atoms with E-state index in [2.05, 4.69) is 78.3 Å². The number of ether oxygens (including phenoxy) is 1. The Morgan fingerprint density at radius 3 is 2.37 bits per heavy atom. The fraction of sp³-hybridized carbons (Fsp3) is 0.318. The Balaban J connectivity index is 1.84. The molecule has 2 heterocycles. The second-order valence-corrected chi connectivity index (χ2v) is 7.86. The van der Waals surface area contributed by atoms with Gasteiger partial charge in [-0.3, -0.25) is 0 Å². The molecule has 0 saturated carbocycles. The van der Waals surface area contributed by atoms with Crippen molar-refractivity contribution in [3.8, 4) is 11.3 Å².